The van der Waals surface area contributed by atoms with Gasteiger partial charge in [-0.25, -0.2) is 0 Å². The molecule has 0 aliphatic heterocycles. The molecule has 1 fully saturated rings. The van der Waals surface area contributed by atoms with E-state index in [0.717, 1.165) is 0 Å². The maximum absolute atomic E-state index is 10.6. The van der Waals surface area contributed by atoms with Gasteiger partial charge in [0.2, 0.25) is 0 Å². The van der Waals surface area contributed by atoms with Crippen molar-refractivity contribution >= 4 is 29.2 Å². The van der Waals surface area contributed by atoms with Crippen LogP contribution >= 0.6 is 23.2 Å². The van der Waals surface area contributed by atoms with Crippen molar-refractivity contribution in [2.24, 2.45) is 11.3 Å². The SMILES string of the molecule is N#CC1(C(=O)O)CC1C=C(Cl)Cl. The van der Waals surface area contributed by atoms with Gasteiger partial charge in [-0.15, -0.1) is 0 Å². The van der Waals surface area contributed by atoms with E-state index in [1.54, 1.807) is 6.07 Å². The Bertz CT molecular complexity index is 290. The maximum atomic E-state index is 10.6. The minimum absolute atomic E-state index is 0.0124. The second-order valence-electron chi connectivity index (χ2n) is 2.66. The smallest absolute Gasteiger partial charge is 0.324 e. The van der Waals surface area contributed by atoms with Crippen molar-refractivity contribution in [1.29, 1.82) is 5.26 Å². The van der Waals surface area contributed by atoms with E-state index in [2.05, 4.69) is 0 Å². The molecule has 0 aromatic carbocycles. The number of hydrogen-bond acceptors (Lipinski definition) is 2. The number of aliphatic carboxylic acids is 1. The topological polar surface area (TPSA) is 61.1 Å². The molecule has 1 rings (SSSR count). The first-order valence-corrected chi connectivity index (χ1v) is 3.96. The molecule has 0 bridgehead atoms. The van der Waals surface area contributed by atoms with Crippen molar-refractivity contribution < 1.29 is 9.90 Å². The molecule has 3 nitrogen and oxygen atoms in total. The Morgan fingerprint density at radius 1 is 1.75 bits per heavy atom. The molecule has 0 spiro atoms. The van der Waals surface area contributed by atoms with Gasteiger partial charge >= 0.3 is 5.97 Å². The first-order chi connectivity index (χ1) is 5.53. The molecule has 0 heterocycles. The predicted molar refractivity (Wildman–Crippen MR) is 43.6 cm³/mol. The summed E-state index contributed by atoms with van der Waals surface area (Å²) in [7, 11) is 0. The lowest BCUT2D eigenvalue weighted by Gasteiger charge is -1.96. The number of allylic oxidation sites excluding steroid dienone is 1. The average Bonchev–Trinajstić information content (AvgIpc) is 2.62. The molecule has 1 aliphatic carbocycles. The molecular weight excluding hydrogens is 201 g/mol. The number of carboxylic acid groups (broad SMARTS) is 1. The molecule has 2 atom stereocenters. The molecule has 0 amide bonds. The number of halogens is 2. The van der Waals surface area contributed by atoms with Crippen LogP contribution in [0.15, 0.2) is 10.6 Å². The standard InChI is InChI=1S/C7H5Cl2NO2/c8-5(9)1-4-2-7(4,3-10)6(11)12/h1,4H,2H2,(H,11,12). The van der Waals surface area contributed by atoms with E-state index in [-0.39, 0.29) is 10.4 Å². The highest BCUT2D eigenvalue weighted by Gasteiger charge is 2.60. The zero-order valence-electron chi connectivity index (χ0n) is 5.92. The highest BCUT2D eigenvalue weighted by Crippen LogP contribution is 2.53. The molecule has 64 valence electrons. The second-order valence-corrected chi connectivity index (χ2v) is 3.66. The van der Waals surface area contributed by atoms with E-state index < -0.39 is 11.4 Å². The summed E-state index contributed by atoms with van der Waals surface area (Å²) in [6.45, 7) is 0. The highest BCUT2D eigenvalue weighted by molar-refractivity contribution is 6.55. The first-order valence-electron chi connectivity index (χ1n) is 3.20. The van der Waals surface area contributed by atoms with Crippen LogP contribution in [0, 0.1) is 22.7 Å². The van der Waals surface area contributed by atoms with Gasteiger partial charge in [0.05, 0.1) is 6.07 Å². The van der Waals surface area contributed by atoms with Gasteiger partial charge in [-0.3, -0.25) is 4.79 Å². The van der Waals surface area contributed by atoms with Gasteiger partial charge in [0.25, 0.3) is 0 Å². The largest absolute Gasteiger partial charge is 0.480 e. The fourth-order valence-electron chi connectivity index (χ4n) is 1.06. The van der Waals surface area contributed by atoms with Gasteiger partial charge < -0.3 is 5.11 Å². The van der Waals surface area contributed by atoms with Gasteiger partial charge in [0.1, 0.15) is 4.49 Å². The van der Waals surface area contributed by atoms with Crippen LogP contribution in [0.25, 0.3) is 0 Å². The van der Waals surface area contributed by atoms with Crippen molar-refractivity contribution in [3.63, 3.8) is 0 Å². The van der Waals surface area contributed by atoms with Crippen LogP contribution in [0.2, 0.25) is 0 Å². The van der Waals surface area contributed by atoms with Crippen LogP contribution in [0.4, 0.5) is 0 Å². The second kappa shape index (κ2) is 2.96. The lowest BCUT2D eigenvalue weighted by Crippen LogP contribution is -2.14. The lowest BCUT2D eigenvalue weighted by atomic mass is 10.1. The van der Waals surface area contributed by atoms with E-state index in [9.17, 15) is 4.79 Å². The Morgan fingerprint density at radius 3 is 2.58 bits per heavy atom. The molecule has 0 radical (unpaired) electrons. The Balaban J connectivity index is 2.77. The number of carbonyl (C=O) groups is 1. The molecule has 5 heteroatoms. The number of nitriles is 1. The van der Waals surface area contributed by atoms with E-state index in [1.165, 1.54) is 6.08 Å². The Hall–Kier alpha value is -0.720. The number of nitrogens with zero attached hydrogens (tertiary/aromatic N) is 1. The normalized spacial score (nSPS) is 31.9. The van der Waals surface area contributed by atoms with Gasteiger partial charge in [0.15, 0.2) is 5.41 Å². The fourth-order valence-corrected chi connectivity index (χ4v) is 1.37. The first kappa shape index (κ1) is 9.37. The average molecular weight is 206 g/mol. The molecule has 1 saturated carbocycles. The quantitative estimate of drug-likeness (QED) is 0.750. The van der Waals surface area contributed by atoms with E-state index in [1.807, 2.05) is 0 Å². The van der Waals surface area contributed by atoms with Crippen LogP contribution < -0.4 is 0 Å². The third kappa shape index (κ3) is 1.40. The van der Waals surface area contributed by atoms with Crippen LogP contribution in [0.3, 0.4) is 0 Å². The summed E-state index contributed by atoms with van der Waals surface area (Å²) in [5.41, 5.74) is -1.28. The van der Waals surface area contributed by atoms with Gasteiger partial charge in [0, 0.05) is 5.92 Å². The van der Waals surface area contributed by atoms with Crippen molar-refractivity contribution in [1.82, 2.24) is 0 Å². The Kier molecular flexibility index (Phi) is 2.31. The van der Waals surface area contributed by atoms with Crippen LogP contribution in [-0.4, -0.2) is 11.1 Å². The molecule has 1 N–H and O–H groups in total. The molecule has 0 aromatic rings. The summed E-state index contributed by atoms with van der Waals surface area (Å²) in [6.07, 6.45) is 1.68. The molecule has 2 unspecified atom stereocenters. The predicted octanol–water partition coefficient (Wildman–Crippen LogP) is 1.92. The zero-order chi connectivity index (χ0) is 9.35. The molecule has 1 aliphatic rings. The maximum Gasteiger partial charge on any atom is 0.324 e. The van der Waals surface area contributed by atoms with Gasteiger partial charge in [-0.1, -0.05) is 23.2 Å². The lowest BCUT2D eigenvalue weighted by molar-refractivity contribution is -0.141. The van der Waals surface area contributed by atoms with E-state index in [4.69, 9.17) is 33.6 Å². The van der Waals surface area contributed by atoms with Crippen LogP contribution in [-0.2, 0) is 4.79 Å². The fraction of sp³-hybridized carbons (Fsp3) is 0.429. The van der Waals surface area contributed by atoms with Crippen molar-refractivity contribution in [2.45, 2.75) is 6.42 Å². The van der Waals surface area contributed by atoms with Crippen molar-refractivity contribution in [2.75, 3.05) is 0 Å². The Labute approximate surface area is 79.2 Å². The van der Waals surface area contributed by atoms with Crippen molar-refractivity contribution in [3.8, 4) is 6.07 Å². The van der Waals surface area contributed by atoms with Crippen LogP contribution in [0.1, 0.15) is 6.42 Å². The van der Waals surface area contributed by atoms with Crippen LogP contribution in [0.5, 0.6) is 0 Å². The molecule has 0 aromatic heterocycles. The summed E-state index contributed by atoms with van der Waals surface area (Å²) >= 11 is 10.7. The van der Waals surface area contributed by atoms with E-state index >= 15 is 0 Å². The summed E-state index contributed by atoms with van der Waals surface area (Å²) in [4.78, 5) is 10.6. The minimum Gasteiger partial charge on any atom is -0.480 e. The number of hydrogen-bond donors (Lipinski definition) is 1. The summed E-state index contributed by atoms with van der Waals surface area (Å²) < 4.78 is 0.0124. The van der Waals surface area contributed by atoms with Crippen molar-refractivity contribution in [3.05, 3.63) is 10.6 Å². The summed E-state index contributed by atoms with van der Waals surface area (Å²) in [5, 5.41) is 17.2. The molecule has 0 saturated heterocycles. The number of carboxylic acids is 1. The third-order valence-electron chi connectivity index (χ3n) is 1.92. The van der Waals surface area contributed by atoms with E-state index in [0.29, 0.717) is 6.42 Å². The number of rotatable bonds is 2. The van der Waals surface area contributed by atoms with Gasteiger partial charge in [-0.05, 0) is 12.5 Å². The molecule has 12 heavy (non-hydrogen) atoms. The molecular formula is C7H5Cl2NO2. The zero-order valence-corrected chi connectivity index (χ0v) is 7.43. The highest BCUT2D eigenvalue weighted by atomic mass is 35.5. The Morgan fingerprint density at radius 2 is 2.33 bits per heavy atom. The third-order valence-corrected chi connectivity index (χ3v) is 2.18. The minimum atomic E-state index is -1.28. The summed E-state index contributed by atoms with van der Waals surface area (Å²) in [6, 6.07) is 1.75. The monoisotopic (exact) mass is 205 g/mol. The van der Waals surface area contributed by atoms with Gasteiger partial charge in [-0.2, -0.15) is 5.26 Å². The summed E-state index contributed by atoms with van der Waals surface area (Å²) in [5.74, 6) is -1.45.